The predicted molar refractivity (Wildman–Crippen MR) is 84.3 cm³/mol. The van der Waals surface area contributed by atoms with Gasteiger partial charge in [0.1, 0.15) is 12.2 Å². The fourth-order valence-corrected chi connectivity index (χ4v) is 2.33. The lowest BCUT2D eigenvalue weighted by Crippen LogP contribution is -2.12. The summed E-state index contributed by atoms with van der Waals surface area (Å²) in [5.74, 6) is -0.590. The fourth-order valence-electron chi connectivity index (χ4n) is 2.33. The highest BCUT2D eigenvalue weighted by atomic mass is 19.4. The Labute approximate surface area is 142 Å². The Balaban J connectivity index is 2.40. The Hall–Kier alpha value is -2.77. The molecule has 2 aromatic rings. The number of methoxy groups -OCH3 is 1. The molecule has 134 valence electrons. The molecule has 0 unspecified atom stereocenters. The van der Waals surface area contributed by atoms with Gasteiger partial charge in [-0.05, 0) is 11.6 Å². The monoisotopic (exact) mass is 355 g/mol. The Bertz CT molecular complexity index is 733. The zero-order valence-electron chi connectivity index (χ0n) is 13.4. The summed E-state index contributed by atoms with van der Waals surface area (Å²) in [5, 5.41) is 10.5. The van der Waals surface area contributed by atoms with Crippen LogP contribution in [-0.2, 0) is 19.2 Å². The van der Waals surface area contributed by atoms with Crippen LogP contribution in [0.15, 0.2) is 42.5 Å². The van der Waals surface area contributed by atoms with E-state index >= 15 is 0 Å². The highest BCUT2D eigenvalue weighted by Crippen LogP contribution is 2.44. The molecule has 0 aromatic heterocycles. The first-order chi connectivity index (χ1) is 11.8. The van der Waals surface area contributed by atoms with E-state index in [1.54, 1.807) is 30.3 Å². The summed E-state index contributed by atoms with van der Waals surface area (Å²) >= 11 is 0. The number of ether oxygens (including phenoxy) is 2. The molecule has 0 saturated heterocycles. The molecule has 0 radical (unpaired) electrons. The van der Waals surface area contributed by atoms with Gasteiger partial charge in [-0.15, -0.1) is 0 Å². The van der Waals surface area contributed by atoms with E-state index in [1.807, 2.05) is 0 Å². The van der Waals surface area contributed by atoms with Crippen molar-refractivity contribution in [2.24, 2.45) is 0 Å². The SMILES string of the molecule is COc1c(CC[N+](=O)[O-])ccc(C(F)(F)F)c1OCc1ccccc1. The van der Waals surface area contributed by atoms with Crippen LogP contribution in [-0.4, -0.2) is 18.6 Å². The summed E-state index contributed by atoms with van der Waals surface area (Å²) in [7, 11) is 1.21. The minimum Gasteiger partial charge on any atom is -0.493 e. The van der Waals surface area contributed by atoms with E-state index in [0.29, 0.717) is 5.56 Å². The number of rotatable bonds is 7. The standard InChI is InChI=1S/C17H16F3NO4/c1-24-15-13(9-10-21(22)23)7-8-14(17(18,19)20)16(15)25-11-12-5-3-2-4-6-12/h2-8H,9-11H2,1H3. The number of hydrogen-bond acceptors (Lipinski definition) is 4. The summed E-state index contributed by atoms with van der Waals surface area (Å²) in [4.78, 5) is 10.0. The van der Waals surface area contributed by atoms with Crippen molar-refractivity contribution in [2.75, 3.05) is 13.7 Å². The Morgan fingerprint density at radius 3 is 2.32 bits per heavy atom. The number of hydrogen-bond donors (Lipinski definition) is 0. The van der Waals surface area contributed by atoms with E-state index < -0.39 is 29.0 Å². The lowest BCUT2D eigenvalue weighted by molar-refractivity contribution is -0.479. The minimum absolute atomic E-state index is 0.0595. The van der Waals surface area contributed by atoms with Gasteiger partial charge in [0.05, 0.1) is 7.11 Å². The van der Waals surface area contributed by atoms with Crippen molar-refractivity contribution in [3.05, 3.63) is 69.3 Å². The van der Waals surface area contributed by atoms with Crippen LogP contribution in [0.2, 0.25) is 0 Å². The van der Waals surface area contributed by atoms with Gasteiger partial charge in [-0.3, -0.25) is 10.1 Å². The normalized spacial score (nSPS) is 11.2. The smallest absolute Gasteiger partial charge is 0.420 e. The molecule has 0 heterocycles. The molecule has 2 aromatic carbocycles. The molecule has 0 fully saturated rings. The third kappa shape index (κ3) is 4.85. The Morgan fingerprint density at radius 1 is 1.08 bits per heavy atom. The second-order valence-electron chi connectivity index (χ2n) is 5.21. The van der Waals surface area contributed by atoms with Gasteiger partial charge >= 0.3 is 6.18 Å². The van der Waals surface area contributed by atoms with Gasteiger partial charge in [-0.25, -0.2) is 0 Å². The summed E-state index contributed by atoms with van der Waals surface area (Å²) in [6, 6.07) is 10.7. The van der Waals surface area contributed by atoms with Gasteiger partial charge in [0, 0.05) is 16.9 Å². The van der Waals surface area contributed by atoms with Crippen LogP contribution in [0.3, 0.4) is 0 Å². The summed E-state index contributed by atoms with van der Waals surface area (Å²) in [6.45, 7) is -0.501. The molecule has 8 heteroatoms. The Morgan fingerprint density at radius 2 is 1.76 bits per heavy atom. The molecule has 0 spiro atoms. The average molecular weight is 355 g/mol. The van der Waals surface area contributed by atoms with E-state index in [0.717, 1.165) is 6.07 Å². The topological polar surface area (TPSA) is 61.6 Å². The van der Waals surface area contributed by atoms with E-state index in [1.165, 1.54) is 13.2 Å². The largest absolute Gasteiger partial charge is 0.493 e. The van der Waals surface area contributed by atoms with Crippen LogP contribution < -0.4 is 9.47 Å². The first-order valence-electron chi connectivity index (χ1n) is 7.38. The average Bonchev–Trinajstić information content (AvgIpc) is 2.57. The van der Waals surface area contributed by atoms with Gasteiger partial charge in [-0.1, -0.05) is 36.4 Å². The van der Waals surface area contributed by atoms with Crippen molar-refractivity contribution < 1.29 is 27.6 Å². The van der Waals surface area contributed by atoms with Crippen LogP contribution >= 0.6 is 0 Å². The molecule has 0 bridgehead atoms. The number of nitro groups is 1. The predicted octanol–water partition coefficient (Wildman–Crippen LogP) is 4.11. The zero-order chi connectivity index (χ0) is 18.4. The highest BCUT2D eigenvalue weighted by Gasteiger charge is 2.36. The van der Waals surface area contributed by atoms with Gasteiger partial charge in [0.15, 0.2) is 11.5 Å². The Kier molecular flexibility index (Phi) is 5.84. The third-order valence-electron chi connectivity index (χ3n) is 3.49. The molecule has 0 amide bonds. The number of benzene rings is 2. The summed E-state index contributed by atoms with van der Waals surface area (Å²) in [5.41, 5.74) is -0.00577. The lowest BCUT2D eigenvalue weighted by Gasteiger charge is -2.19. The molecule has 0 aliphatic rings. The minimum atomic E-state index is -4.64. The molecule has 0 saturated carbocycles. The van der Waals surface area contributed by atoms with E-state index in [2.05, 4.69) is 0 Å². The molecule has 5 nitrogen and oxygen atoms in total. The van der Waals surface area contributed by atoms with Crippen LogP contribution in [0.5, 0.6) is 11.5 Å². The lowest BCUT2D eigenvalue weighted by atomic mass is 10.1. The van der Waals surface area contributed by atoms with Gasteiger partial charge in [0.25, 0.3) is 0 Å². The van der Waals surface area contributed by atoms with Crippen molar-refractivity contribution in [1.82, 2.24) is 0 Å². The molecule has 25 heavy (non-hydrogen) atoms. The zero-order valence-corrected chi connectivity index (χ0v) is 13.4. The van der Waals surface area contributed by atoms with Crippen LogP contribution in [0.1, 0.15) is 16.7 Å². The van der Waals surface area contributed by atoms with Crippen molar-refractivity contribution >= 4 is 0 Å². The van der Waals surface area contributed by atoms with Crippen LogP contribution in [0.4, 0.5) is 13.2 Å². The van der Waals surface area contributed by atoms with Gasteiger partial charge in [0.2, 0.25) is 6.54 Å². The highest BCUT2D eigenvalue weighted by molar-refractivity contribution is 5.53. The molecule has 0 aliphatic carbocycles. The maximum atomic E-state index is 13.3. The van der Waals surface area contributed by atoms with Crippen molar-refractivity contribution in [3.8, 4) is 11.5 Å². The van der Waals surface area contributed by atoms with Crippen LogP contribution in [0, 0.1) is 10.1 Å². The fraction of sp³-hybridized carbons (Fsp3) is 0.294. The van der Waals surface area contributed by atoms with E-state index in [4.69, 9.17) is 9.47 Å². The molecular weight excluding hydrogens is 339 g/mol. The van der Waals surface area contributed by atoms with Gasteiger partial charge in [-0.2, -0.15) is 13.2 Å². The van der Waals surface area contributed by atoms with Gasteiger partial charge < -0.3 is 9.47 Å². The number of nitrogens with zero attached hydrogens (tertiary/aromatic N) is 1. The van der Waals surface area contributed by atoms with Crippen LogP contribution in [0.25, 0.3) is 0 Å². The second kappa shape index (κ2) is 7.87. The molecule has 0 aliphatic heterocycles. The third-order valence-corrected chi connectivity index (χ3v) is 3.49. The quantitative estimate of drug-likeness (QED) is 0.554. The maximum Gasteiger partial charge on any atom is 0.420 e. The first-order valence-corrected chi connectivity index (χ1v) is 7.38. The summed E-state index contributed by atoms with van der Waals surface area (Å²) < 4.78 is 50.4. The molecule has 2 rings (SSSR count). The molecular formula is C17H16F3NO4. The number of alkyl halides is 3. The number of halogens is 3. The van der Waals surface area contributed by atoms with E-state index in [9.17, 15) is 23.3 Å². The molecule has 0 N–H and O–H groups in total. The maximum absolute atomic E-state index is 13.3. The van der Waals surface area contributed by atoms with Crippen molar-refractivity contribution in [3.63, 3.8) is 0 Å². The second-order valence-corrected chi connectivity index (χ2v) is 5.21. The van der Waals surface area contributed by atoms with Crippen molar-refractivity contribution in [1.29, 1.82) is 0 Å². The van der Waals surface area contributed by atoms with E-state index in [-0.39, 0.29) is 24.3 Å². The first kappa shape index (κ1) is 18.6. The summed E-state index contributed by atoms with van der Waals surface area (Å²) in [6.07, 6.45) is -4.70. The molecule has 0 atom stereocenters. The van der Waals surface area contributed by atoms with Crippen molar-refractivity contribution in [2.45, 2.75) is 19.2 Å².